The molecule has 22 heavy (non-hydrogen) atoms. The third-order valence-corrected chi connectivity index (χ3v) is 4.56. The molecule has 1 aliphatic rings. The van der Waals surface area contributed by atoms with E-state index in [4.69, 9.17) is 0 Å². The lowest BCUT2D eigenvalue weighted by atomic mass is 9.92. The molecule has 1 aliphatic heterocycles. The summed E-state index contributed by atoms with van der Waals surface area (Å²) in [6.45, 7) is 2.74. The van der Waals surface area contributed by atoms with Gasteiger partial charge in [0.2, 0.25) is 0 Å². The number of aliphatic hydroxyl groups excluding tert-OH is 1. The Kier molecular flexibility index (Phi) is 4.55. The minimum Gasteiger partial charge on any atom is -0.396 e. The monoisotopic (exact) mass is 303 g/mol. The van der Waals surface area contributed by atoms with Crippen LogP contribution in [0.5, 0.6) is 0 Å². The van der Waals surface area contributed by atoms with Crippen LogP contribution in [0.25, 0.3) is 0 Å². The number of aromatic nitrogens is 2. The molecule has 2 atom stereocenters. The number of hydrogen-bond donors (Lipinski definition) is 1. The van der Waals surface area contributed by atoms with Crippen molar-refractivity contribution in [3.8, 4) is 0 Å². The lowest BCUT2D eigenvalue weighted by molar-refractivity contribution is 0.215. The van der Waals surface area contributed by atoms with Crippen molar-refractivity contribution in [2.24, 2.45) is 13.0 Å². The summed E-state index contributed by atoms with van der Waals surface area (Å²) in [4.78, 5) is 2.31. The SMILES string of the molecule is Cn1cc([C@@H]2CN(CCc3ccccc3F)C[C@H]2CO)cn1. The Morgan fingerprint density at radius 3 is 2.82 bits per heavy atom. The molecule has 118 valence electrons. The highest BCUT2D eigenvalue weighted by Crippen LogP contribution is 2.32. The van der Waals surface area contributed by atoms with E-state index in [0.29, 0.717) is 12.3 Å². The number of hydrogen-bond acceptors (Lipinski definition) is 3. The van der Waals surface area contributed by atoms with E-state index in [1.807, 2.05) is 31.6 Å². The van der Waals surface area contributed by atoms with E-state index >= 15 is 0 Å². The maximum atomic E-state index is 13.7. The molecule has 1 aromatic carbocycles. The van der Waals surface area contributed by atoms with Crippen LogP contribution < -0.4 is 0 Å². The van der Waals surface area contributed by atoms with Crippen LogP contribution in [0.4, 0.5) is 4.39 Å². The molecule has 5 heteroatoms. The molecule has 0 amide bonds. The van der Waals surface area contributed by atoms with Crippen LogP contribution in [-0.2, 0) is 13.5 Å². The zero-order valence-electron chi connectivity index (χ0n) is 12.8. The summed E-state index contributed by atoms with van der Waals surface area (Å²) < 4.78 is 15.5. The summed E-state index contributed by atoms with van der Waals surface area (Å²) >= 11 is 0. The molecule has 4 nitrogen and oxygen atoms in total. The summed E-state index contributed by atoms with van der Waals surface area (Å²) in [6.07, 6.45) is 4.60. The van der Waals surface area contributed by atoms with Crippen LogP contribution in [0.3, 0.4) is 0 Å². The Morgan fingerprint density at radius 2 is 2.14 bits per heavy atom. The van der Waals surface area contributed by atoms with Gasteiger partial charge < -0.3 is 10.0 Å². The van der Waals surface area contributed by atoms with Gasteiger partial charge in [0.1, 0.15) is 5.82 Å². The molecule has 0 unspecified atom stereocenters. The molecule has 0 spiro atoms. The Hall–Kier alpha value is -1.72. The molecule has 2 aromatic rings. The van der Waals surface area contributed by atoms with E-state index in [1.165, 1.54) is 11.6 Å². The van der Waals surface area contributed by atoms with Gasteiger partial charge in [-0.3, -0.25) is 4.68 Å². The molecule has 1 fully saturated rings. The fourth-order valence-electron chi connectivity index (χ4n) is 3.32. The molecule has 3 rings (SSSR count). The summed E-state index contributed by atoms with van der Waals surface area (Å²) in [7, 11) is 1.91. The van der Waals surface area contributed by atoms with Gasteiger partial charge in [0.15, 0.2) is 0 Å². The Bertz CT molecular complexity index is 628. The van der Waals surface area contributed by atoms with Crippen molar-refractivity contribution < 1.29 is 9.50 Å². The number of benzene rings is 1. The van der Waals surface area contributed by atoms with Gasteiger partial charge in [-0.15, -0.1) is 0 Å². The lowest BCUT2D eigenvalue weighted by Crippen LogP contribution is -2.24. The van der Waals surface area contributed by atoms with E-state index in [9.17, 15) is 9.50 Å². The third kappa shape index (κ3) is 3.20. The van der Waals surface area contributed by atoms with Crippen LogP contribution >= 0.6 is 0 Å². The van der Waals surface area contributed by atoms with Gasteiger partial charge in [-0.1, -0.05) is 18.2 Å². The van der Waals surface area contributed by atoms with Crippen molar-refractivity contribution in [2.45, 2.75) is 12.3 Å². The van der Waals surface area contributed by atoms with Crippen LogP contribution in [0.2, 0.25) is 0 Å². The van der Waals surface area contributed by atoms with Crippen molar-refractivity contribution in [1.29, 1.82) is 0 Å². The van der Waals surface area contributed by atoms with Gasteiger partial charge >= 0.3 is 0 Å². The summed E-state index contributed by atoms with van der Waals surface area (Å²) in [6, 6.07) is 6.94. The Labute approximate surface area is 130 Å². The molecule has 2 heterocycles. The van der Waals surface area contributed by atoms with Gasteiger partial charge in [0.25, 0.3) is 0 Å². The first-order valence-electron chi connectivity index (χ1n) is 7.72. The van der Waals surface area contributed by atoms with E-state index in [-0.39, 0.29) is 18.3 Å². The smallest absolute Gasteiger partial charge is 0.126 e. The first-order chi connectivity index (χ1) is 10.7. The second-order valence-corrected chi connectivity index (χ2v) is 6.10. The minimum atomic E-state index is -0.135. The molecular weight excluding hydrogens is 281 g/mol. The predicted octanol–water partition coefficient (Wildman–Crippen LogP) is 1.81. The first-order valence-corrected chi connectivity index (χ1v) is 7.72. The molecule has 1 saturated heterocycles. The molecular formula is C17H22FN3O. The highest BCUT2D eigenvalue weighted by atomic mass is 19.1. The zero-order valence-corrected chi connectivity index (χ0v) is 12.8. The van der Waals surface area contributed by atoms with Crippen molar-refractivity contribution in [2.75, 3.05) is 26.2 Å². The standard InChI is InChI=1S/C17H22FN3O/c1-20-9-14(8-19-20)16-11-21(10-15(16)12-22)7-6-13-4-2-3-5-17(13)18/h2-5,8-9,15-16,22H,6-7,10-12H2,1H3/t15-,16-/m0/s1. The quantitative estimate of drug-likeness (QED) is 0.916. The van der Waals surface area contributed by atoms with Crippen molar-refractivity contribution in [3.05, 3.63) is 53.6 Å². The average molecular weight is 303 g/mol. The average Bonchev–Trinajstić information content (AvgIpc) is 3.12. The Balaban J connectivity index is 1.63. The molecule has 0 saturated carbocycles. The molecule has 0 aliphatic carbocycles. The summed E-state index contributed by atoms with van der Waals surface area (Å²) in [5, 5.41) is 13.9. The van der Waals surface area contributed by atoms with Crippen molar-refractivity contribution in [3.63, 3.8) is 0 Å². The Morgan fingerprint density at radius 1 is 1.32 bits per heavy atom. The molecule has 1 aromatic heterocycles. The number of aliphatic hydroxyl groups is 1. The topological polar surface area (TPSA) is 41.3 Å². The van der Waals surface area contributed by atoms with Crippen LogP contribution in [-0.4, -0.2) is 46.0 Å². The normalized spacial score (nSPS) is 22.3. The first kappa shape index (κ1) is 15.2. The summed E-state index contributed by atoms with van der Waals surface area (Å²) in [5.41, 5.74) is 1.93. The van der Waals surface area contributed by atoms with Crippen LogP contribution in [0, 0.1) is 11.7 Å². The molecule has 0 bridgehead atoms. The van der Waals surface area contributed by atoms with Crippen LogP contribution in [0.1, 0.15) is 17.0 Å². The van der Waals surface area contributed by atoms with Gasteiger partial charge in [-0.25, -0.2) is 4.39 Å². The highest BCUT2D eigenvalue weighted by molar-refractivity contribution is 5.19. The summed E-state index contributed by atoms with van der Waals surface area (Å²) in [5.74, 6) is 0.397. The van der Waals surface area contributed by atoms with Gasteiger partial charge in [0.05, 0.1) is 6.20 Å². The molecule has 0 radical (unpaired) electrons. The maximum absolute atomic E-state index is 13.7. The number of halogens is 1. The maximum Gasteiger partial charge on any atom is 0.126 e. The minimum absolute atomic E-state index is 0.135. The number of nitrogens with zero attached hydrogens (tertiary/aromatic N) is 3. The van der Waals surface area contributed by atoms with Crippen molar-refractivity contribution >= 4 is 0 Å². The van der Waals surface area contributed by atoms with Crippen molar-refractivity contribution in [1.82, 2.24) is 14.7 Å². The number of rotatable bonds is 5. The van der Waals surface area contributed by atoms with Gasteiger partial charge in [-0.2, -0.15) is 5.10 Å². The van der Waals surface area contributed by atoms with E-state index < -0.39 is 0 Å². The fourth-order valence-corrected chi connectivity index (χ4v) is 3.32. The second kappa shape index (κ2) is 6.58. The van der Waals surface area contributed by atoms with E-state index in [0.717, 1.165) is 25.2 Å². The van der Waals surface area contributed by atoms with Gasteiger partial charge in [-0.05, 0) is 23.6 Å². The highest BCUT2D eigenvalue weighted by Gasteiger charge is 2.33. The zero-order chi connectivity index (χ0) is 15.5. The third-order valence-electron chi connectivity index (χ3n) is 4.56. The van der Waals surface area contributed by atoms with Crippen LogP contribution in [0.15, 0.2) is 36.7 Å². The largest absolute Gasteiger partial charge is 0.396 e. The number of aryl methyl sites for hydroxylation is 1. The predicted molar refractivity (Wildman–Crippen MR) is 83.1 cm³/mol. The second-order valence-electron chi connectivity index (χ2n) is 6.10. The van der Waals surface area contributed by atoms with E-state index in [2.05, 4.69) is 10.00 Å². The number of likely N-dealkylation sites (tertiary alicyclic amines) is 1. The lowest BCUT2D eigenvalue weighted by Gasteiger charge is -2.15. The molecule has 1 N–H and O–H groups in total. The van der Waals surface area contributed by atoms with E-state index in [1.54, 1.807) is 10.7 Å². The fraction of sp³-hybridized carbons (Fsp3) is 0.471. The van der Waals surface area contributed by atoms with Gasteiger partial charge in [0, 0.05) is 51.3 Å².